The van der Waals surface area contributed by atoms with Gasteiger partial charge in [-0.05, 0) is 12.1 Å². The summed E-state index contributed by atoms with van der Waals surface area (Å²) in [6, 6.07) is 5.10. The highest BCUT2D eigenvalue weighted by atomic mass is 16.7. The molecule has 0 saturated heterocycles. The molecule has 0 bridgehead atoms. The van der Waals surface area contributed by atoms with Crippen LogP contribution in [0.1, 0.15) is 0 Å². The molecular formula is C12H10N4O4. The van der Waals surface area contributed by atoms with Crippen molar-refractivity contribution in [1.29, 1.82) is 0 Å². The number of phenols is 1. The smallest absolute Gasteiger partial charge is 0.218 e. The van der Waals surface area contributed by atoms with Crippen LogP contribution in [-0.2, 0) is 9.68 Å². The summed E-state index contributed by atoms with van der Waals surface area (Å²) in [7, 11) is 0. The number of fused-ring (bicyclic) bond motifs is 1. The van der Waals surface area contributed by atoms with Gasteiger partial charge in [0.05, 0.1) is 23.5 Å². The van der Waals surface area contributed by atoms with E-state index in [4.69, 9.17) is 14.1 Å². The molecule has 3 N–H and O–H groups in total. The lowest BCUT2D eigenvalue weighted by molar-refractivity contribution is 0.155. The fraction of sp³-hybridized carbons (Fsp3) is 0. The van der Waals surface area contributed by atoms with Crippen LogP contribution in [0.25, 0.3) is 11.0 Å². The van der Waals surface area contributed by atoms with Gasteiger partial charge < -0.3 is 19.2 Å². The molecule has 0 fully saturated rings. The van der Waals surface area contributed by atoms with Crippen molar-refractivity contribution in [2.24, 2.45) is 0 Å². The first kappa shape index (κ1) is 11.0. The van der Waals surface area contributed by atoms with Gasteiger partial charge in [0.15, 0.2) is 11.3 Å². The predicted molar refractivity (Wildman–Crippen MR) is 69.6 cm³/mol. The second-order valence-electron chi connectivity index (χ2n) is 4.16. The molecule has 20 heavy (non-hydrogen) atoms. The molecule has 2 aliphatic heterocycles. The van der Waals surface area contributed by atoms with E-state index in [1.165, 1.54) is 12.5 Å². The van der Waals surface area contributed by atoms with Gasteiger partial charge in [-0.3, -0.25) is 0 Å². The molecule has 8 nitrogen and oxygen atoms in total. The zero-order valence-corrected chi connectivity index (χ0v) is 10.1. The van der Waals surface area contributed by atoms with Crippen molar-refractivity contribution in [1.82, 2.24) is 11.2 Å². The third-order valence-corrected chi connectivity index (χ3v) is 2.98. The van der Waals surface area contributed by atoms with Crippen LogP contribution in [0.5, 0.6) is 5.75 Å². The number of nitrogens with zero attached hydrogens (tertiary/aromatic N) is 2. The molecule has 0 amide bonds. The third-order valence-electron chi connectivity index (χ3n) is 2.98. The first-order valence-corrected chi connectivity index (χ1v) is 5.83. The molecule has 102 valence electrons. The first-order chi connectivity index (χ1) is 9.83. The van der Waals surface area contributed by atoms with Crippen molar-refractivity contribution >= 4 is 22.5 Å². The number of anilines is 2. The van der Waals surface area contributed by atoms with Gasteiger partial charge in [-0.15, -0.1) is 0 Å². The number of phenolic OH excluding ortho intramolecular Hbond substituents is 1. The average molecular weight is 274 g/mol. The molecule has 0 spiro atoms. The second kappa shape index (κ2) is 4.08. The minimum Gasteiger partial charge on any atom is -0.504 e. The Morgan fingerprint density at radius 1 is 1.00 bits per heavy atom. The number of hydrazine groups is 2. The lowest BCUT2D eigenvalue weighted by Crippen LogP contribution is -2.27. The van der Waals surface area contributed by atoms with Crippen LogP contribution in [0.15, 0.2) is 47.5 Å². The van der Waals surface area contributed by atoms with Gasteiger partial charge >= 0.3 is 0 Å². The van der Waals surface area contributed by atoms with E-state index in [2.05, 4.69) is 11.2 Å². The summed E-state index contributed by atoms with van der Waals surface area (Å²) in [6.45, 7) is 0. The first-order valence-electron chi connectivity index (χ1n) is 5.83. The van der Waals surface area contributed by atoms with Gasteiger partial charge in [-0.25, -0.2) is 10.0 Å². The lowest BCUT2D eigenvalue weighted by Gasteiger charge is -2.14. The Kier molecular flexibility index (Phi) is 2.25. The van der Waals surface area contributed by atoms with Crippen LogP contribution in [0, 0.1) is 0 Å². The topological polar surface area (TPSA) is 82.4 Å². The quantitative estimate of drug-likeness (QED) is 0.761. The molecule has 0 radical (unpaired) electrons. The number of hydrogen-bond donors (Lipinski definition) is 3. The van der Waals surface area contributed by atoms with E-state index < -0.39 is 0 Å². The fourth-order valence-corrected chi connectivity index (χ4v) is 2.08. The molecule has 1 aromatic heterocycles. The Bertz CT molecular complexity index is 724. The van der Waals surface area contributed by atoms with Crippen LogP contribution < -0.4 is 21.2 Å². The Balaban J connectivity index is 1.86. The van der Waals surface area contributed by atoms with E-state index in [1.54, 1.807) is 40.6 Å². The molecule has 1 aromatic carbocycles. The minimum atomic E-state index is 0.0585. The van der Waals surface area contributed by atoms with E-state index in [-0.39, 0.29) is 5.75 Å². The summed E-state index contributed by atoms with van der Waals surface area (Å²) in [5.41, 5.74) is 6.48. The summed E-state index contributed by atoms with van der Waals surface area (Å²) >= 11 is 0. The molecule has 8 heteroatoms. The normalized spacial score (nSPS) is 17.0. The van der Waals surface area contributed by atoms with Gasteiger partial charge in [0.25, 0.3) is 0 Å². The van der Waals surface area contributed by atoms with Crippen molar-refractivity contribution in [3.05, 3.63) is 43.1 Å². The molecule has 2 aliphatic rings. The Morgan fingerprint density at radius 2 is 1.75 bits per heavy atom. The van der Waals surface area contributed by atoms with E-state index in [1.807, 2.05) is 0 Å². The Morgan fingerprint density at radius 3 is 2.45 bits per heavy atom. The maximum Gasteiger partial charge on any atom is 0.218 e. The maximum atomic E-state index is 9.92. The Labute approximate surface area is 112 Å². The van der Waals surface area contributed by atoms with E-state index in [0.29, 0.717) is 11.5 Å². The predicted octanol–water partition coefficient (Wildman–Crippen LogP) is 1.59. The van der Waals surface area contributed by atoms with Crippen LogP contribution in [-0.4, -0.2) is 5.11 Å². The molecule has 0 saturated carbocycles. The summed E-state index contributed by atoms with van der Waals surface area (Å²) < 4.78 is 5.65. The van der Waals surface area contributed by atoms with Crippen molar-refractivity contribution in [3.63, 3.8) is 0 Å². The zero-order valence-electron chi connectivity index (χ0n) is 10.1. The highest BCUT2D eigenvalue weighted by Gasteiger charge is 2.20. The molecule has 0 unspecified atom stereocenters. The maximum absolute atomic E-state index is 9.92. The van der Waals surface area contributed by atoms with Crippen molar-refractivity contribution in [2.45, 2.75) is 0 Å². The molecule has 0 atom stereocenters. The molecule has 4 rings (SSSR count). The Hall–Kier alpha value is -2.84. The number of hydrogen-bond acceptors (Lipinski definition) is 8. The van der Waals surface area contributed by atoms with Crippen LogP contribution in [0.4, 0.5) is 11.6 Å². The number of aromatic hydroxyl groups is 1. The lowest BCUT2D eigenvalue weighted by atomic mass is 10.2. The van der Waals surface area contributed by atoms with Crippen molar-refractivity contribution in [3.8, 4) is 5.75 Å². The summed E-state index contributed by atoms with van der Waals surface area (Å²) in [5, 5.41) is 13.9. The van der Waals surface area contributed by atoms with E-state index >= 15 is 0 Å². The molecule has 0 aliphatic carbocycles. The second-order valence-corrected chi connectivity index (χ2v) is 4.16. The SMILES string of the molecule is Oc1ccc(N2C=CON2)c2cc(N3C=CON3)oc12. The molecule has 2 aromatic rings. The summed E-state index contributed by atoms with van der Waals surface area (Å²) in [4.78, 5) is 9.83. The van der Waals surface area contributed by atoms with E-state index in [9.17, 15) is 5.11 Å². The number of nitrogens with one attached hydrogen (secondary N) is 2. The van der Waals surface area contributed by atoms with Crippen molar-refractivity contribution in [2.75, 3.05) is 10.0 Å². The number of furan rings is 1. The third kappa shape index (κ3) is 1.56. The summed E-state index contributed by atoms with van der Waals surface area (Å²) in [5.74, 6) is 0.545. The molecule has 3 heterocycles. The average Bonchev–Trinajstić information content (AvgIpc) is 3.20. The highest BCUT2D eigenvalue weighted by Crippen LogP contribution is 2.38. The van der Waals surface area contributed by atoms with Gasteiger partial charge in [-0.2, -0.15) is 0 Å². The zero-order chi connectivity index (χ0) is 13.5. The van der Waals surface area contributed by atoms with Gasteiger partial charge in [0.1, 0.15) is 12.5 Å². The van der Waals surface area contributed by atoms with Crippen LogP contribution >= 0.6 is 0 Å². The standard InChI is InChI=1S/C12H10N4O4/c17-10-2-1-9(15-3-5-18-13-15)8-7-11(20-12(8)10)16-4-6-19-14-16/h1-7,13-14,17H. The van der Waals surface area contributed by atoms with Gasteiger partial charge in [-0.1, -0.05) is 11.2 Å². The fourth-order valence-electron chi connectivity index (χ4n) is 2.08. The van der Waals surface area contributed by atoms with Crippen LogP contribution in [0.3, 0.4) is 0 Å². The van der Waals surface area contributed by atoms with Crippen LogP contribution in [0.2, 0.25) is 0 Å². The minimum absolute atomic E-state index is 0.0585. The van der Waals surface area contributed by atoms with Gasteiger partial charge in [0, 0.05) is 6.07 Å². The van der Waals surface area contributed by atoms with E-state index in [0.717, 1.165) is 11.1 Å². The highest BCUT2D eigenvalue weighted by molar-refractivity contribution is 5.97. The summed E-state index contributed by atoms with van der Waals surface area (Å²) in [6.07, 6.45) is 6.37. The number of benzene rings is 1. The number of rotatable bonds is 2. The van der Waals surface area contributed by atoms with Crippen molar-refractivity contribution < 1.29 is 19.2 Å². The largest absolute Gasteiger partial charge is 0.504 e. The molecular weight excluding hydrogens is 264 g/mol. The monoisotopic (exact) mass is 274 g/mol. The van der Waals surface area contributed by atoms with Gasteiger partial charge in [0.2, 0.25) is 5.88 Å².